The Morgan fingerprint density at radius 1 is 1.47 bits per heavy atom. The summed E-state index contributed by atoms with van der Waals surface area (Å²) in [6, 6.07) is 0. The maximum atomic E-state index is 8.92. The van der Waals surface area contributed by atoms with Gasteiger partial charge in [-0.1, -0.05) is 5.16 Å². The maximum Gasteiger partial charge on any atom is 0.155 e. The van der Waals surface area contributed by atoms with Crippen molar-refractivity contribution < 1.29 is 9.94 Å². The molecule has 2 aliphatic heterocycles. The number of amidine groups is 1. The Kier molecular flexibility index (Phi) is 4.97. The Morgan fingerprint density at radius 2 is 2.16 bits per heavy atom. The summed E-state index contributed by atoms with van der Waals surface area (Å²) in [4.78, 5) is 2.45. The second kappa shape index (κ2) is 6.33. The van der Waals surface area contributed by atoms with Gasteiger partial charge >= 0.3 is 0 Å². The van der Waals surface area contributed by atoms with Crippen LogP contribution in [0, 0.1) is 0 Å². The van der Waals surface area contributed by atoms with Crippen LogP contribution in [0.2, 0.25) is 0 Å². The molecule has 0 spiro atoms. The molecule has 0 aromatic rings. The van der Waals surface area contributed by atoms with E-state index >= 15 is 0 Å². The summed E-state index contributed by atoms with van der Waals surface area (Å²) >= 11 is 1.70. The molecule has 0 amide bonds. The van der Waals surface area contributed by atoms with Crippen molar-refractivity contribution in [3.05, 3.63) is 0 Å². The zero-order valence-electron chi connectivity index (χ0n) is 11.8. The smallest absolute Gasteiger partial charge is 0.155 e. The number of hydrogen-bond acceptors (Lipinski definition) is 5. The molecule has 110 valence electrons. The van der Waals surface area contributed by atoms with Crippen LogP contribution in [0.25, 0.3) is 0 Å². The van der Waals surface area contributed by atoms with Gasteiger partial charge in [-0.15, -0.1) is 0 Å². The Bertz CT molecular complexity index is 330. The van der Waals surface area contributed by atoms with Gasteiger partial charge in [-0.2, -0.15) is 11.8 Å². The summed E-state index contributed by atoms with van der Waals surface area (Å²) in [5, 5.41) is 12.1. The van der Waals surface area contributed by atoms with Crippen molar-refractivity contribution in [1.29, 1.82) is 0 Å². The molecule has 2 aliphatic rings. The van der Waals surface area contributed by atoms with E-state index in [9.17, 15) is 0 Å². The van der Waals surface area contributed by atoms with Gasteiger partial charge in [-0.05, 0) is 38.9 Å². The van der Waals surface area contributed by atoms with Gasteiger partial charge < -0.3 is 20.6 Å². The average Bonchev–Trinajstić information content (AvgIpc) is 2.84. The van der Waals surface area contributed by atoms with Crippen LogP contribution in [-0.2, 0) is 4.74 Å². The molecule has 0 aliphatic carbocycles. The van der Waals surface area contributed by atoms with Gasteiger partial charge in [-0.3, -0.25) is 0 Å². The molecule has 3 N–H and O–H groups in total. The first-order valence-electron chi connectivity index (χ1n) is 7.00. The molecule has 2 rings (SSSR count). The van der Waals surface area contributed by atoms with Crippen LogP contribution in [0.3, 0.4) is 0 Å². The van der Waals surface area contributed by atoms with Crippen LogP contribution < -0.4 is 5.73 Å². The van der Waals surface area contributed by atoms with Gasteiger partial charge in [0.05, 0.1) is 17.0 Å². The fourth-order valence-corrected chi connectivity index (χ4v) is 3.90. The number of likely N-dealkylation sites (tertiary alicyclic amines) is 1. The van der Waals surface area contributed by atoms with Crippen LogP contribution in [0.5, 0.6) is 0 Å². The lowest BCUT2D eigenvalue weighted by Gasteiger charge is -2.40. The third-order valence-electron chi connectivity index (χ3n) is 4.41. The van der Waals surface area contributed by atoms with Crippen molar-refractivity contribution in [1.82, 2.24) is 4.90 Å². The van der Waals surface area contributed by atoms with E-state index in [2.05, 4.69) is 17.0 Å². The fourth-order valence-electron chi connectivity index (χ4n) is 3.06. The number of nitrogens with two attached hydrogens (primary N) is 1. The zero-order valence-corrected chi connectivity index (χ0v) is 12.7. The monoisotopic (exact) mass is 287 g/mol. The molecule has 2 atom stereocenters. The first kappa shape index (κ1) is 14.9. The summed E-state index contributed by atoms with van der Waals surface area (Å²) in [5.74, 6) is 0.366. The normalized spacial score (nSPS) is 32.6. The Balaban J connectivity index is 1.84. The second-order valence-corrected chi connectivity index (χ2v) is 6.82. The van der Waals surface area contributed by atoms with E-state index in [1.54, 1.807) is 11.8 Å². The highest BCUT2D eigenvalue weighted by Gasteiger charge is 2.38. The third kappa shape index (κ3) is 3.35. The molecule has 2 fully saturated rings. The highest BCUT2D eigenvalue weighted by Crippen LogP contribution is 2.35. The van der Waals surface area contributed by atoms with E-state index in [1.165, 1.54) is 12.8 Å². The van der Waals surface area contributed by atoms with Crippen LogP contribution in [0.15, 0.2) is 5.16 Å². The lowest BCUT2D eigenvalue weighted by Crippen LogP contribution is -2.51. The minimum absolute atomic E-state index is 0.185. The summed E-state index contributed by atoms with van der Waals surface area (Å²) in [7, 11) is 0. The van der Waals surface area contributed by atoms with Crippen molar-refractivity contribution >= 4 is 17.6 Å². The average molecular weight is 287 g/mol. The molecule has 2 unspecified atom stereocenters. The number of rotatable bonds is 4. The molecule has 0 bridgehead atoms. The van der Waals surface area contributed by atoms with Gasteiger partial charge in [0.2, 0.25) is 0 Å². The van der Waals surface area contributed by atoms with Crippen molar-refractivity contribution in [2.45, 2.75) is 49.6 Å². The predicted molar refractivity (Wildman–Crippen MR) is 78.9 cm³/mol. The van der Waals surface area contributed by atoms with Gasteiger partial charge in [0.25, 0.3) is 0 Å². The van der Waals surface area contributed by atoms with E-state index in [-0.39, 0.29) is 4.75 Å². The van der Waals surface area contributed by atoms with Gasteiger partial charge in [0.15, 0.2) is 5.84 Å². The number of piperidine rings is 1. The molecule has 2 saturated heterocycles. The van der Waals surface area contributed by atoms with Crippen molar-refractivity contribution in [2.24, 2.45) is 10.9 Å². The lowest BCUT2D eigenvalue weighted by atomic mass is 9.94. The predicted octanol–water partition coefficient (Wildman–Crippen LogP) is 1.50. The number of nitrogens with zero attached hydrogens (tertiary/aromatic N) is 2. The maximum absolute atomic E-state index is 8.92. The first-order chi connectivity index (χ1) is 9.09. The summed E-state index contributed by atoms with van der Waals surface area (Å²) in [6.45, 7) is 5.15. The highest BCUT2D eigenvalue weighted by molar-refractivity contribution is 8.00. The quantitative estimate of drug-likeness (QED) is 0.355. The Hall–Kier alpha value is -0.460. The van der Waals surface area contributed by atoms with Gasteiger partial charge in [0.1, 0.15) is 0 Å². The number of thioether (sulfide) groups is 1. The molecular weight excluding hydrogens is 262 g/mol. The van der Waals surface area contributed by atoms with E-state index in [4.69, 9.17) is 15.7 Å². The van der Waals surface area contributed by atoms with E-state index in [0.717, 1.165) is 32.5 Å². The fraction of sp³-hybridized carbons (Fsp3) is 0.923. The highest BCUT2D eigenvalue weighted by atomic mass is 32.2. The van der Waals surface area contributed by atoms with Crippen molar-refractivity contribution in [3.63, 3.8) is 0 Å². The minimum Gasteiger partial charge on any atom is -0.409 e. The molecule has 0 saturated carbocycles. The molecule has 6 heteroatoms. The number of oxime groups is 1. The lowest BCUT2D eigenvalue weighted by molar-refractivity contribution is 0.0269. The van der Waals surface area contributed by atoms with Crippen LogP contribution in [-0.4, -0.2) is 58.8 Å². The molecule has 0 aromatic carbocycles. The molecule has 0 radical (unpaired) electrons. The Labute approximate surface area is 119 Å². The summed E-state index contributed by atoms with van der Waals surface area (Å²) < 4.78 is 5.69. The third-order valence-corrected chi connectivity index (χ3v) is 5.81. The van der Waals surface area contributed by atoms with Crippen LogP contribution in [0.4, 0.5) is 0 Å². The molecular formula is C13H25N3O2S. The minimum atomic E-state index is -0.185. The van der Waals surface area contributed by atoms with E-state index < -0.39 is 0 Å². The van der Waals surface area contributed by atoms with Crippen LogP contribution >= 0.6 is 11.8 Å². The Morgan fingerprint density at radius 3 is 2.63 bits per heavy atom. The van der Waals surface area contributed by atoms with Crippen molar-refractivity contribution in [2.75, 3.05) is 25.9 Å². The van der Waals surface area contributed by atoms with E-state index in [0.29, 0.717) is 18.0 Å². The summed E-state index contributed by atoms with van der Waals surface area (Å²) in [6.07, 6.45) is 7.06. The van der Waals surface area contributed by atoms with Gasteiger partial charge in [0, 0.05) is 19.6 Å². The molecule has 19 heavy (non-hydrogen) atoms. The second-order valence-electron chi connectivity index (χ2n) is 5.63. The zero-order chi connectivity index (χ0) is 13.9. The molecule has 0 aromatic heterocycles. The first-order valence-corrected chi connectivity index (χ1v) is 8.23. The van der Waals surface area contributed by atoms with E-state index in [1.807, 2.05) is 6.26 Å². The molecule has 2 heterocycles. The van der Waals surface area contributed by atoms with Crippen LogP contribution in [0.1, 0.15) is 32.6 Å². The largest absolute Gasteiger partial charge is 0.409 e. The van der Waals surface area contributed by atoms with Gasteiger partial charge in [-0.25, -0.2) is 0 Å². The number of ether oxygens (including phenoxy) is 1. The summed E-state index contributed by atoms with van der Waals surface area (Å²) in [5.41, 5.74) is 5.86. The molecule has 5 nitrogen and oxygen atoms in total. The SMILES string of the molecule is CSC1(C(N)=NO)CCN(CC2CCC(C)O2)CC1. The number of hydrogen-bond donors (Lipinski definition) is 2. The topological polar surface area (TPSA) is 71.1 Å². The van der Waals surface area contributed by atoms with Crippen molar-refractivity contribution in [3.8, 4) is 0 Å². The standard InChI is InChI=1S/C13H25N3O2S/c1-10-3-4-11(18-10)9-16-7-5-13(19-2,6-8-16)12(14)15-17/h10-11,17H,3-9H2,1-2H3,(H2,14,15).